The summed E-state index contributed by atoms with van der Waals surface area (Å²) in [5, 5.41) is 19.1. The fourth-order valence-electron chi connectivity index (χ4n) is 2.32. The van der Waals surface area contributed by atoms with Crippen LogP contribution in [0, 0.1) is 0 Å². The van der Waals surface area contributed by atoms with Crippen LogP contribution in [0.25, 0.3) is 6.08 Å². The molecule has 0 aliphatic carbocycles. The highest BCUT2D eigenvalue weighted by molar-refractivity contribution is 5.57. The number of hydrogen-bond donors (Lipinski definition) is 4. The Labute approximate surface area is 145 Å². The molecule has 6 heteroatoms. The van der Waals surface area contributed by atoms with Crippen molar-refractivity contribution in [1.29, 1.82) is 0 Å². The number of allylic oxidation sites excluding steroid dienone is 4. The van der Waals surface area contributed by atoms with Crippen molar-refractivity contribution in [3.8, 4) is 5.75 Å². The summed E-state index contributed by atoms with van der Waals surface area (Å²) >= 11 is 0. The van der Waals surface area contributed by atoms with Crippen molar-refractivity contribution in [3.05, 3.63) is 87.6 Å². The van der Waals surface area contributed by atoms with Crippen LogP contribution in [-0.2, 0) is 6.42 Å². The third-order valence-electron chi connectivity index (χ3n) is 3.57. The molecule has 1 heterocycles. The van der Waals surface area contributed by atoms with Crippen LogP contribution in [0.2, 0.25) is 0 Å². The van der Waals surface area contributed by atoms with E-state index < -0.39 is 17.5 Å². The second kappa shape index (κ2) is 8.23. The van der Waals surface area contributed by atoms with Crippen LogP contribution in [-0.4, -0.2) is 20.2 Å². The highest BCUT2D eigenvalue weighted by Gasteiger charge is 2.15. The quantitative estimate of drug-likeness (QED) is 0.476. The van der Waals surface area contributed by atoms with Gasteiger partial charge in [0.15, 0.2) is 0 Å². The Hall–Kier alpha value is -2.96. The zero-order valence-corrected chi connectivity index (χ0v) is 13.9. The highest BCUT2D eigenvalue weighted by atomic mass is 16.3. The van der Waals surface area contributed by atoms with Crippen molar-refractivity contribution in [2.24, 2.45) is 5.73 Å². The monoisotopic (exact) mass is 339 g/mol. The fraction of sp³-hybridized carbons (Fsp3) is 0.158. The number of aliphatic hydroxyl groups is 1. The average molecular weight is 339 g/mol. The number of benzene rings is 1. The Balaban J connectivity index is 2.37. The van der Waals surface area contributed by atoms with E-state index in [1.807, 2.05) is 49.4 Å². The lowest BCUT2D eigenvalue weighted by Gasteiger charge is -2.10. The van der Waals surface area contributed by atoms with Crippen molar-refractivity contribution in [1.82, 2.24) is 9.97 Å². The summed E-state index contributed by atoms with van der Waals surface area (Å²) in [6.07, 6.45) is 6.33. The van der Waals surface area contributed by atoms with Gasteiger partial charge in [-0.3, -0.25) is 4.79 Å². The van der Waals surface area contributed by atoms with Crippen molar-refractivity contribution in [2.75, 3.05) is 0 Å². The van der Waals surface area contributed by atoms with E-state index in [9.17, 15) is 15.0 Å². The third-order valence-corrected chi connectivity index (χ3v) is 3.57. The Kier molecular flexibility index (Phi) is 6.05. The third kappa shape index (κ3) is 4.76. The first-order chi connectivity index (χ1) is 11.9. The van der Waals surface area contributed by atoms with Crippen LogP contribution in [0.4, 0.5) is 0 Å². The molecule has 1 unspecified atom stereocenters. The number of aromatic hydroxyl groups is 1. The van der Waals surface area contributed by atoms with E-state index in [4.69, 9.17) is 5.73 Å². The number of aromatic amines is 1. The smallest absolute Gasteiger partial charge is 0.293 e. The predicted molar refractivity (Wildman–Crippen MR) is 97.9 cm³/mol. The molecule has 5 N–H and O–H groups in total. The number of aliphatic hydroxyl groups excluding tert-OH is 1. The van der Waals surface area contributed by atoms with Crippen LogP contribution in [0.15, 0.2) is 59.4 Å². The maximum atomic E-state index is 11.8. The van der Waals surface area contributed by atoms with Crippen LogP contribution in [0.1, 0.15) is 35.8 Å². The number of hydrogen-bond acceptors (Lipinski definition) is 5. The second-order valence-electron chi connectivity index (χ2n) is 5.55. The van der Waals surface area contributed by atoms with Crippen molar-refractivity contribution in [2.45, 2.75) is 19.6 Å². The van der Waals surface area contributed by atoms with Crippen LogP contribution >= 0.6 is 0 Å². The summed E-state index contributed by atoms with van der Waals surface area (Å²) in [6, 6.07) is 7.66. The minimum atomic E-state index is -1.53. The molecule has 2 aromatic rings. The molecular weight excluding hydrogens is 318 g/mol. The molecule has 1 aromatic heterocycles. The molecule has 0 saturated heterocycles. The van der Waals surface area contributed by atoms with Gasteiger partial charge < -0.3 is 20.9 Å². The van der Waals surface area contributed by atoms with Crippen LogP contribution in [0.3, 0.4) is 0 Å². The second-order valence-corrected chi connectivity index (χ2v) is 5.55. The Morgan fingerprint density at radius 3 is 2.84 bits per heavy atom. The minimum Gasteiger partial charge on any atom is -0.502 e. The molecular formula is C19H21N3O3. The Morgan fingerprint density at radius 2 is 2.16 bits per heavy atom. The lowest BCUT2D eigenvalue weighted by Crippen LogP contribution is -2.20. The standard InChI is InChI=1S/C19H21N3O3/c1-3-6-12(2)9-10-13-7-4-5-8-14(13)11-15-21-16(18(20)24)17(23)19(25)22-15/h3-10,18,23-24H,1,11,20H2,2H3,(H,21,22,25)/b10-9+,12-6-. The van der Waals surface area contributed by atoms with Gasteiger partial charge in [0.25, 0.3) is 5.56 Å². The molecule has 0 bridgehead atoms. The van der Waals surface area contributed by atoms with Crippen LogP contribution in [0.5, 0.6) is 5.75 Å². The van der Waals surface area contributed by atoms with E-state index in [0.29, 0.717) is 12.2 Å². The highest BCUT2D eigenvalue weighted by Crippen LogP contribution is 2.18. The largest absolute Gasteiger partial charge is 0.502 e. The number of nitrogens with one attached hydrogen (secondary N) is 1. The van der Waals surface area contributed by atoms with E-state index in [1.54, 1.807) is 6.08 Å². The molecule has 0 spiro atoms. The number of rotatable bonds is 6. The zero-order valence-electron chi connectivity index (χ0n) is 13.9. The lowest BCUT2D eigenvalue weighted by molar-refractivity contribution is 0.176. The van der Waals surface area contributed by atoms with Gasteiger partial charge in [-0.2, -0.15) is 0 Å². The average Bonchev–Trinajstić information content (AvgIpc) is 2.57. The maximum absolute atomic E-state index is 11.8. The molecule has 0 saturated carbocycles. The van der Waals surface area contributed by atoms with Crippen molar-refractivity contribution >= 4 is 6.08 Å². The number of H-pyrrole nitrogens is 1. The maximum Gasteiger partial charge on any atom is 0.293 e. The molecule has 0 fully saturated rings. The molecule has 2 rings (SSSR count). The van der Waals surface area contributed by atoms with Gasteiger partial charge in [-0.1, -0.05) is 60.7 Å². The van der Waals surface area contributed by atoms with Gasteiger partial charge in [0.1, 0.15) is 17.7 Å². The van der Waals surface area contributed by atoms with Gasteiger partial charge in [0.05, 0.1) is 0 Å². The van der Waals surface area contributed by atoms with Gasteiger partial charge in [-0.05, 0) is 18.1 Å². The van der Waals surface area contributed by atoms with Crippen molar-refractivity contribution in [3.63, 3.8) is 0 Å². The Morgan fingerprint density at radius 1 is 1.44 bits per heavy atom. The first kappa shape index (κ1) is 18.4. The van der Waals surface area contributed by atoms with Gasteiger partial charge in [-0.25, -0.2) is 4.98 Å². The summed E-state index contributed by atoms with van der Waals surface area (Å²) in [5.74, 6) is -0.362. The Bertz CT molecular complexity index is 880. The number of aromatic nitrogens is 2. The molecule has 0 aliphatic heterocycles. The van der Waals surface area contributed by atoms with Gasteiger partial charge in [0, 0.05) is 6.42 Å². The first-order valence-electron chi connectivity index (χ1n) is 7.73. The summed E-state index contributed by atoms with van der Waals surface area (Å²) in [6.45, 7) is 5.63. The minimum absolute atomic E-state index is 0.239. The topological polar surface area (TPSA) is 112 Å². The van der Waals surface area contributed by atoms with Gasteiger partial charge in [0.2, 0.25) is 5.75 Å². The summed E-state index contributed by atoms with van der Waals surface area (Å²) < 4.78 is 0. The molecule has 25 heavy (non-hydrogen) atoms. The normalized spacial score (nSPS) is 13.2. The summed E-state index contributed by atoms with van der Waals surface area (Å²) in [7, 11) is 0. The van der Waals surface area contributed by atoms with Crippen LogP contribution < -0.4 is 11.3 Å². The first-order valence-corrected chi connectivity index (χ1v) is 7.73. The molecule has 0 aliphatic rings. The SMILES string of the molecule is C=C/C=C(C)\C=C\c1ccccc1Cc1nc(C(N)O)c(O)c(=O)[nH]1. The number of nitrogens with two attached hydrogens (primary N) is 1. The van der Waals surface area contributed by atoms with E-state index >= 15 is 0 Å². The van der Waals surface area contributed by atoms with Gasteiger partial charge in [-0.15, -0.1) is 0 Å². The molecule has 1 aromatic carbocycles. The lowest BCUT2D eigenvalue weighted by atomic mass is 10.0. The van der Waals surface area contributed by atoms with E-state index in [1.165, 1.54) is 0 Å². The van der Waals surface area contributed by atoms with E-state index in [0.717, 1.165) is 16.7 Å². The predicted octanol–water partition coefficient (Wildman–Crippen LogP) is 2.16. The van der Waals surface area contributed by atoms with E-state index in [-0.39, 0.29) is 5.69 Å². The number of nitrogens with zero attached hydrogens (tertiary/aromatic N) is 1. The zero-order chi connectivity index (χ0) is 18.4. The van der Waals surface area contributed by atoms with Gasteiger partial charge >= 0.3 is 0 Å². The fourth-order valence-corrected chi connectivity index (χ4v) is 2.32. The summed E-state index contributed by atoms with van der Waals surface area (Å²) in [4.78, 5) is 18.3. The molecule has 1 atom stereocenters. The molecule has 130 valence electrons. The molecule has 6 nitrogen and oxygen atoms in total. The van der Waals surface area contributed by atoms with Crippen molar-refractivity contribution < 1.29 is 10.2 Å². The van der Waals surface area contributed by atoms with E-state index in [2.05, 4.69) is 16.5 Å². The summed E-state index contributed by atoms with van der Waals surface area (Å²) in [5.41, 5.74) is 7.31. The molecule has 0 radical (unpaired) electrons. The molecule has 0 amide bonds.